The zero-order valence-corrected chi connectivity index (χ0v) is 13.5. The van der Waals surface area contributed by atoms with Crippen molar-refractivity contribution in [2.75, 3.05) is 19.8 Å². The first-order valence-electron chi connectivity index (χ1n) is 7.15. The van der Waals surface area contributed by atoms with E-state index in [0.29, 0.717) is 11.5 Å². The molecule has 1 aromatic carbocycles. The van der Waals surface area contributed by atoms with Gasteiger partial charge < -0.3 is 10.1 Å². The minimum absolute atomic E-state index is 0.351. The highest BCUT2D eigenvalue weighted by Gasteiger charge is 2.32. The second kappa shape index (κ2) is 6.87. The van der Waals surface area contributed by atoms with Gasteiger partial charge in [0.05, 0.1) is 0 Å². The van der Waals surface area contributed by atoms with Crippen LogP contribution in [0.3, 0.4) is 0 Å². The van der Waals surface area contributed by atoms with Crippen molar-refractivity contribution in [3.05, 3.63) is 34.3 Å². The van der Waals surface area contributed by atoms with Crippen molar-refractivity contribution in [1.29, 1.82) is 0 Å². The molecule has 0 bridgehead atoms. The summed E-state index contributed by atoms with van der Waals surface area (Å²) in [6.07, 6.45) is 3.44. The third-order valence-corrected chi connectivity index (χ3v) is 4.40. The van der Waals surface area contributed by atoms with Crippen molar-refractivity contribution in [3.63, 3.8) is 0 Å². The molecule has 3 heteroatoms. The van der Waals surface area contributed by atoms with Gasteiger partial charge in [-0.25, -0.2) is 0 Å². The first kappa shape index (κ1) is 15.0. The van der Waals surface area contributed by atoms with Crippen LogP contribution in [0.5, 0.6) is 0 Å². The average molecular weight is 326 g/mol. The number of hydrogen-bond acceptors (Lipinski definition) is 2. The van der Waals surface area contributed by atoms with Crippen LogP contribution in [0.25, 0.3) is 0 Å². The van der Waals surface area contributed by atoms with Gasteiger partial charge in [0.2, 0.25) is 0 Å². The molecule has 2 rings (SSSR count). The third-order valence-electron chi connectivity index (χ3n) is 3.91. The molecule has 0 spiro atoms. The highest BCUT2D eigenvalue weighted by atomic mass is 79.9. The lowest BCUT2D eigenvalue weighted by Gasteiger charge is -2.38. The smallest absolute Gasteiger partial charge is 0.0471 e. The molecule has 0 aromatic heterocycles. The molecule has 2 nitrogen and oxygen atoms in total. The molecule has 19 heavy (non-hydrogen) atoms. The third kappa shape index (κ3) is 4.59. The zero-order valence-electron chi connectivity index (χ0n) is 11.9. The maximum absolute atomic E-state index is 5.56. The van der Waals surface area contributed by atoms with Gasteiger partial charge in [0.25, 0.3) is 0 Å². The van der Waals surface area contributed by atoms with Gasteiger partial charge in [0.1, 0.15) is 0 Å². The van der Waals surface area contributed by atoms with Crippen LogP contribution in [-0.2, 0) is 11.2 Å². The molecule has 0 atom stereocenters. The molecule has 1 aliphatic rings. The van der Waals surface area contributed by atoms with Crippen molar-refractivity contribution >= 4 is 15.9 Å². The first-order valence-corrected chi connectivity index (χ1v) is 7.95. The predicted octanol–water partition coefficient (Wildman–Crippen LogP) is 3.79. The van der Waals surface area contributed by atoms with Crippen LogP contribution >= 0.6 is 15.9 Å². The Kier molecular flexibility index (Phi) is 5.43. The Morgan fingerprint density at radius 1 is 1.32 bits per heavy atom. The van der Waals surface area contributed by atoms with E-state index in [9.17, 15) is 0 Å². The molecule has 1 aliphatic heterocycles. The minimum atomic E-state index is 0.351. The van der Waals surface area contributed by atoms with Crippen molar-refractivity contribution < 1.29 is 4.74 Å². The largest absolute Gasteiger partial charge is 0.381 e. The van der Waals surface area contributed by atoms with Crippen LogP contribution in [0.4, 0.5) is 0 Å². The lowest BCUT2D eigenvalue weighted by molar-refractivity contribution is 0.0141. The molecule has 0 amide bonds. The van der Waals surface area contributed by atoms with E-state index in [0.717, 1.165) is 39.0 Å². The lowest BCUT2D eigenvalue weighted by Crippen LogP contribution is -2.42. The summed E-state index contributed by atoms with van der Waals surface area (Å²) in [5, 5.41) is 3.62. The summed E-state index contributed by atoms with van der Waals surface area (Å²) in [5.41, 5.74) is 1.77. The Labute approximate surface area is 125 Å². The fourth-order valence-corrected chi connectivity index (χ4v) is 3.17. The summed E-state index contributed by atoms with van der Waals surface area (Å²) < 4.78 is 6.73. The van der Waals surface area contributed by atoms with E-state index in [4.69, 9.17) is 4.74 Å². The molecule has 106 valence electrons. The molecule has 1 saturated heterocycles. The van der Waals surface area contributed by atoms with Gasteiger partial charge in [0, 0.05) is 30.3 Å². The molecule has 1 heterocycles. The fraction of sp³-hybridized carbons (Fsp3) is 0.625. The van der Waals surface area contributed by atoms with Crippen LogP contribution in [0.2, 0.25) is 0 Å². The average Bonchev–Trinajstić information content (AvgIpc) is 2.38. The number of ether oxygens (including phenoxy) is 1. The van der Waals surface area contributed by atoms with E-state index < -0.39 is 0 Å². The van der Waals surface area contributed by atoms with Crippen molar-refractivity contribution in [3.8, 4) is 0 Å². The van der Waals surface area contributed by atoms with Gasteiger partial charge >= 0.3 is 0 Å². The molecule has 0 radical (unpaired) electrons. The van der Waals surface area contributed by atoms with Gasteiger partial charge in [-0.1, -0.05) is 41.9 Å². The van der Waals surface area contributed by atoms with Gasteiger partial charge in [0.15, 0.2) is 0 Å². The molecule has 1 fully saturated rings. The van der Waals surface area contributed by atoms with E-state index in [1.807, 2.05) is 0 Å². The SMILES string of the molecule is CC(C)NCC1(Cc2cccc(Br)c2)CCOCC1. The second-order valence-electron chi connectivity index (χ2n) is 5.95. The second-order valence-corrected chi connectivity index (χ2v) is 6.87. The van der Waals surface area contributed by atoms with Crippen molar-refractivity contribution in [2.45, 2.75) is 39.2 Å². The monoisotopic (exact) mass is 325 g/mol. The number of hydrogen-bond donors (Lipinski definition) is 1. The molecule has 1 N–H and O–H groups in total. The van der Waals surface area contributed by atoms with Crippen LogP contribution in [0.1, 0.15) is 32.3 Å². The Hall–Kier alpha value is -0.380. The number of halogens is 1. The standard InChI is InChI=1S/C16H24BrNO/c1-13(2)18-12-16(6-8-19-9-7-16)11-14-4-3-5-15(17)10-14/h3-5,10,13,18H,6-9,11-12H2,1-2H3. The van der Waals surface area contributed by atoms with Crippen LogP contribution in [0.15, 0.2) is 28.7 Å². The lowest BCUT2D eigenvalue weighted by atomic mass is 9.75. The summed E-state index contributed by atoms with van der Waals surface area (Å²) in [5.74, 6) is 0. The zero-order chi connectivity index (χ0) is 13.7. The van der Waals surface area contributed by atoms with Gasteiger partial charge in [-0.05, 0) is 42.4 Å². The van der Waals surface area contributed by atoms with E-state index in [2.05, 4.69) is 59.4 Å². The minimum Gasteiger partial charge on any atom is -0.381 e. The van der Waals surface area contributed by atoms with Crippen LogP contribution in [-0.4, -0.2) is 25.8 Å². The highest BCUT2D eigenvalue weighted by Crippen LogP contribution is 2.34. The van der Waals surface area contributed by atoms with E-state index in [1.54, 1.807) is 0 Å². The summed E-state index contributed by atoms with van der Waals surface area (Å²) in [4.78, 5) is 0. The summed E-state index contributed by atoms with van der Waals surface area (Å²) >= 11 is 3.57. The molecule has 0 saturated carbocycles. The van der Waals surface area contributed by atoms with Crippen LogP contribution < -0.4 is 5.32 Å². The Balaban J connectivity index is 2.08. The van der Waals surface area contributed by atoms with Crippen molar-refractivity contribution in [1.82, 2.24) is 5.32 Å². The predicted molar refractivity (Wildman–Crippen MR) is 83.5 cm³/mol. The topological polar surface area (TPSA) is 21.3 Å². The molecular formula is C16H24BrNO. The summed E-state index contributed by atoms with van der Waals surface area (Å²) in [6.45, 7) is 7.31. The van der Waals surface area contributed by atoms with Crippen molar-refractivity contribution in [2.24, 2.45) is 5.41 Å². The number of nitrogens with one attached hydrogen (secondary N) is 1. The maximum Gasteiger partial charge on any atom is 0.0471 e. The normalized spacial score (nSPS) is 18.7. The first-order chi connectivity index (χ1) is 9.10. The molecule has 0 aliphatic carbocycles. The van der Waals surface area contributed by atoms with E-state index in [-0.39, 0.29) is 0 Å². The Bertz CT molecular complexity index is 399. The van der Waals surface area contributed by atoms with E-state index >= 15 is 0 Å². The Morgan fingerprint density at radius 3 is 2.68 bits per heavy atom. The number of rotatable bonds is 5. The molecule has 0 unspecified atom stereocenters. The van der Waals surface area contributed by atoms with Gasteiger partial charge in [-0.2, -0.15) is 0 Å². The summed E-state index contributed by atoms with van der Waals surface area (Å²) in [7, 11) is 0. The van der Waals surface area contributed by atoms with Gasteiger partial charge in [-0.15, -0.1) is 0 Å². The fourth-order valence-electron chi connectivity index (χ4n) is 2.72. The highest BCUT2D eigenvalue weighted by molar-refractivity contribution is 9.10. The number of benzene rings is 1. The van der Waals surface area contributed by atoms with E-state index in [1.165, 1.54) is 10.0 Å². The molecular weight excluding hydrogens is 302 g/mol. The quantitative estimate of drug-likeness (QED) is 0.889. The molecule has 1 aromatic rings. The van der Waals surface area contributed by atoms with Crippen LogP contribution in [0, 0.1) is 5.41 Å². The maximum atomic E-state index is 5.56. The van der Waals surface area contributed by atoms with Gasteiger partial charge in [-0.3, -0.25) is 0 Å². The Morgan fingerprint density at radius 2 is 2.05 bits per heavy atom. The summed E-state index contributed by atoms with van der Waals surface area (Å²) in [6, 6.07) is 9.24.